The SMILES string of the molecule is Cc1nc(N/N=C\c2cc(Br)ccc2O)[nH]c(=O)c1C. The monoisotopic (exact) mass is 336 g/mol. The first-order chi connectivity index (χ1) is 9.47. The van der Waals surface area contributed by atoms with Crippen LogP contribution in [0.3, 0.4) is 0 Å². The number of hydrogen-bond donors (Lipinski definition) is 3. The second kappa shape index (κ2) is 5.87. The fraction of sp³-hybridized carbons (Fsp3) is 0.154. The lowest BCUT2D eigenvalue weighted by Crippen LogP contribution is -2.15. The van der Waals surface area contributed by atoms with E-state index in [1.807, 2.05) is 0 Å². The summed E-state index contributed by atoms with van der Waals surface area (Å²) in [4.78, 5) is 18.3. The van der Waals surface area contributed by atoms with Crippen LogP contribution in [0.5, 0.6) is 5.75 Å². The van der Waals surface area contributed by atoms with E-state index >= 15 is 0 Å². The Morgan fingerprint density at radius 2 is 2.20 bits per heavy atom. The summed E-state index contributed by atoms with van der Waals surface area (Å²) in [6, 6.07) is 5.00. The van der Waals surface area contributed by atoms with Crippen molar-refractivity contribution in [2.75, 3.05) is 5.43 Å². The lowest BCUT2D eigenvalue weighted by Gasteiger charge is -2.03. The molecule has 0 aliphatic carbocycles. The molecule has 1 aromatic carbocycles. The van der Waals surface area contributed by atoms with Crippen LogP contribution in [-0.4, -0.2) is 21.3 Å². The fourth-order valence-electron chi connectivity index (χ4n) is 1.49. The fourth-order valence-corrected chi connectivity index (χ4v) is 1.87. The van der Waals surface area contributed by atoms with Crippen molar-refractivity contribution >= 4 is 28.1 Å². The molecule has 7 heteroatoms. The molecule has 0 aliphatic rings. The lowest BCUT2D eigenvalue weighted by molar-refractivity contribution is 0.474. The number of aryl methyl sites for hydroxylation is 1. The smallest absolute Gasteiger partial charge is 0.255 e. The number of nitrogens with one attached hydrogen (secondary N) is 2. The number of phenolic OH excluding ortho intramolecular Hbond substituents is 1. The molecule has 1 heterocycles. The maximum absolute atomic E-state index is 11.6. The summed E-state index contributed by atoms with van der Waals surface area (Å²) < 4.78 is 0.828. The first kappa shape index (κ1) is 14.3. The Labute approximate surface area is 123 Å². The van der Waals surface area contributed by atoms with E-state index in [1.54, 1.807) is 32.0 Å². The van der Waals surface area contributed by atoms with Crippen LogP contribution in [0.25, 0.3) is 0 Å². The Morgan fingerprint density at radius 3 is 2.90 bits per heavy atom. The van der Waals surface area contributed by atoms with Crippen LogP contribution in [-0.2, 0) is 0 Å². The molecule has 6 nitrogen and oxygen atoms in total. The van der Waals surface area contributed by atoms with E-state index in [-0.39, 0.29) is 17.3 Å². The average Bonchev–Trinajstić information content (AvgIpc) is 2.40. The third-order valence-electron chi connectivity index (χ3n) is 2.76. The molecular formula is C13H13BrN4O2. The zero-order chi connectivity index (χ0) is 14.7. The van der Waals surface area contributed by atoms with Gasteiger partial charge < -0.3 is 5.11 Å². The molecule has 0 atom stereocenters. The maximum Gasteiger partial charge on any atom is 0.255 e. The maximum atomic E-state index is 11.6. The van der Waals surface area contributed by atoms with Crippen molar-refractivity contribution in [1.29, 1.82) is 0 Å². The standard InChI is InChI=1S/C13H13BrN4O2/c1-7-8(2)16-13(17-12(7)20)18-15-6-9-5-10(14)3-4-11(9)19/h3-6,19H,1-2H3,(H2,16,17,18,20)/b15-6-. The summed E-state index contributed by atoms with van der Waals surface area (Å²) in [5, 5.41) is 13.6. The van der Waals surface area contributed by atoms with Gasteiger partial charge in [-0.15, -0.1) is 0 Å². The Morgan fingerprint density at radius 1 is 1.45 bits per heavy atom. The largest absolute Gasteiger partial charge is 0.507 e. The highest BCUT2D eigenvalue weighted by Crippen LogP contribution is 2.20. The van der Waals surface area contributed by atoms with Gasteiger partial charge in [0.15, 0.2) is 0 Å². The minimum Gasteiger partial charge on any atom is -0.507 e. The second-order valence-corrected chi connectivity index (χ2v) is 5.11. The molecule has 0 bridgehead atoms. The highest BCUT2D eigenvalue weighted by Gasteiger charge is 2.02. The van der Waals surface area contributed by atoms with Crippen molar-refractivity contribution in [3.8, 4) is 5.75 Å². The van der Waals surface area contributed by atoms with Crippen LogP contribution in [0.15, 0.2) is 32.6 Å². The van der Waals surface area contributed by atoms with Crippen molar-refractivity contribution in [2.45, 2.75) is 13.8 Å². The van der Waals surface area contributed by atoms with Crippen LogP contribution in [0.1, 0.15) is 16.8 Å². The van der Waals surface area contributed by atoms with Gasteiger partial charge in [0, 0.05) is 21.3 Å². The van der Waals surface area contributed by atoms with Gasteiger partial charge in [-0.3, -0.25) is 9.78 Å². The zero-order valence-corrected chi connectivity index (χ0v) is 12.5. The lowest BCUT2D eigenvalue weighted by atomic mass is 10.2. The highest BCUT2D eigenvalue weighted by molar-refractivity contribution is 9.10. The molecule has 2 aromatic rings. The number of phenols is 1. The summed E-state index contributed by atoms with van der Waals surface area (Å²) in [6.07, 6.45) is 1.44. The summed E-state index contributed by atoms with van der Waals surface area (Å²) in [5.41, 5.74) is 4.17. The summed E-state index contributed by atoms with van der Waals surface area (Å²) in [5.74, 6) is 0.365. The molecule has 2 rings (SSSR count). The van der Waals surface area contributed by atoms with E-state index in [0.29, 0.717) is 16.8 Å². The van der Waals surface area contributed by atoms with Crippen LogP contribution in [0.2, 0.25) is 0 Å². The summed E-state index contributed by atoms with van der Waals surface area (Å²) in [7, 11) is 0. The van der Waals surface area contributed by atoms with E-state index in [1.165, 1.54) is 6.21 Å². The van der Waals surface area contributed by atoms with Crippen LogP contribution >= 0.6 is 15.9 Å². The number of rotatable bonds is 3. The Balaban J connectivity index is 2.18. The molecule has 0 fully saturated rings. The molecule has 0 spiro atoms. The molecule has 0 saturated carbocycles. The third-order valence-corrected chi connectivity index (χ3v) is 3.25. The Hall–Kier alpha value is -2.15. The molecule has 0 radical (unpaired) electrons. The predicted octanol–water partition coefficient (Wildman–Crippen LogP) is 2.30. The molecule has 0 amide bonds. The van der Waals surface area contributed by atoms with Gasteiger partial charge in [-0.1, -0.05) is 15.9 Å². The topological polar surface area (TPSA) is 90.4 Å². The van der Waals surface area contributed by atoms with Gasteiger partial charge in [-0.05, 0) is 32.0 Å². The van der Waals surface area contributed by atoms with Crippen molar-refractivity contribution in [3.63, 3.8) is 0 Å². The van der Waals surface area contributed by atoms with Gasteiger partial charge in [0.1, 0.15) is 5.75 Å². The minimum absolute atomic E-state index is 0.111. The highest BCUT2D eigenvalue weighted by atomic mass is 79.9. The minimum atomic E-state index is -0.208. The van der Waals surface area contributed by atoms with E-state index < -0.39 is 0 Å². The molecule has 0 saturated heterocycles. The molecule has 1 aromatic heterocycles. The van der Waals surface area contributed by atoms with Crippen LogP contribution in [0.4, 0.5) is 5.95 Å². The van der Waals surface area contributed by atoms with Gasteiger partial charge in [-0.2, -0.15) is 5.10 Å². The van der Waals surface area contributed by atoms with E-state index in [2.05, 4.69) is 36.4 Å². The van der Waals surface area contributed by atoms with Crippen molar-refractivity contribution in [1.82, 2.24) is 9.97 Å². The first-order valence-corrected chi connectivity index (χ1v) is 6.62. The molecule has 0 aliphatic heterocycles. The number of hydrazone groups is 1. The molecule has 0 unspecified atom stereocenters. The van der Waals surface area contributed by atoms with Crippen LogP contribution in [0, 0.1) is 13.8 Å². The molecule has 3 N–H and O–H groups in total. The Bertz CT molecular complexity index is 725. The van der Waals surface area contributed by atoms with E-state index in [0.717, 1.165) is 4.47 Å². The number of nitrogens with zero attached hydrogens (tertiary/aromatic N) is 2. The molecule has 20 heavy (non-hydrogen) atoms. The molecular weight excluding hydrogens is 324 g/mol. The number of hydrogen-bond acceptors (Lipinski definition) is 5. The average molecular weight is 337 g/mol. The first-order valence-electron chi connectivity index (χ1n) is 5.82. The normalized spacial score (nSPS) is 10.9. The molecule has 104 valence electrons. The summed E-state index contributed by atoms with van der Waals surface area (Å²) >= 11 is 3.31. The van der Waals surface area contributed by atoms with Crippen molar-refractivity contribution in [3.05, 3.63) is 49.8 Å². The number of halogens is 1. The van der Waals surface area contributed by atoms with Gasteiger partial charge >= 0.3 is 0 Å². The number of aromatic hydroxyl groups is 1. The Kier molecular flexibility index (Phi) is 4.19. The van der Waals surface area contributed by atoms with E-state index in [4.69, 9.17) is 0 Å². The van der Waals surface area contributed by atoms with Gasteiger partial charge in [0.05, 0.1) is 6.21 Å². The van der Waals surface area contributed by atoms with Gasteiger partial charge in [-0.25, -0.2) is 10.4 Å². The number of aromatic amines is 1. The number of benzene rings is 1. The van der Waals surface area contributed by atoms with Crippen molar-refractivity contribution < 1.29 is 5.11 Å². The van der Waals surface area contributed by atoms with Gasteiger partial charge in [0.2, 0.25) is 5.95 Å². The van der Waals surface area contributed by atoms with Crippen LogP contribution < -0.4 is 11.0 Å². The van der Waals surface area contributed by atoms with Crippen molar-refractivity contribution in [2.24, 2.45) is 5.10 Å². The van der Waals surface area contributed by atoms with E-state index in [9.17, 15) is 9.90 Å². The number of H-pyrrole nitrogens is 1. The second-order valence-electron chi connectivity index (χ2n) is 4.20. The number of anilines is 1. The zero-order valence-electron chi connectivity index (χ0n) is 10.9. The third kappa shape index (κ3) is 3.24. The quantitative estimate of drug-likeness (QED) is 0.592. The predicted molar refractivity (Wildman–Crippen MR) is 81.4 cm³/mol. The summed E-state index contributed by atoms with van der Waals surface area (Å²) in [6.45, 7) is 3.45. The van der Waals surface area contributed by atoms with Gasteiger partial charge in [0.25, 0.3) is 5.56 Å². The number of aromatic nitrogens is 2.